The summed E-state index contributed by atoms with van der Waals surface area (Å²) in [7, 11) is 0. The van der Waals surface area contributed by atoms with E-state index in [0.717, 1.165) is 0 Å². The Kier molecular flexibility index (Phi) is 4.70. The number of aromatic nitrogens is 1. The molecule has 0 aliphatic rings. The number of hydrogen-bond donors (Lipinski definition) is 2. The van der Waals surface area contributed by atoms with Crippen LogP contribution in [0.4, 0.5) is 5.69 Å². The molecule has 1 heterocycles. The molecule has 2 rings (SSSR count). The summed E-state index contributed by atoms with van der Waals surface area (Å²) in [4.78, 5) is 29.0. The van der Waals surface area contributed by atoms with Gasteiger partial charge in [0, 0.05) is 6.04 Å². The van der Waals surface area contributed by atoms with E-state index in [2.05, 4.69) is 15.6 Å². The maximum atomic E-state index is 12.2. The van der Waals surface area contributed by atoms with Gasteiger partial charge in [-0.2, -0.15) is 0 Å². The van der Waals surface area contributed by atoms with Crippen LogP contribution in [0.1, 0.15) is 39.6 Å². The summed E-state index contributed by atoms with van der Waals surface area (Å²) in [5.41, 5.74) is 3.25. The van der Waals surface area contributed by atoms with Crippen LogP contribution in [0.5, 0.6) is 0 Å². The molecular weight excluding hydrogens is 286 g/mol. The number of thiazole rings is 1. The van der Waals surface area contributed by atoms with Crippen LogP contribution in [0.3, 0.4) is 0 Å². The van der Waals surface area contributed by atoms with Gasteiger partial charge in [-0.15, -0.1) is 11.3 Å². The number of carbonyl (C=O) groups is 2. The van der Waals surface area contributed by atoms with Crippen molar-refractivity contribution in [3.05, 3.63) is 45.9 Å². The number of nitrogens with one attached hydrogen (secondary N) is 2. The summed E-state index contributed by atoms with van der Waals surface area (Å²) >= 11 is 1.28. The van der Waals surface area contributed by atoms with E-state index in [1.54, 1.807) is 36.7 Å². The van der Waals surface area contributed by atoms with Gasteiger partial charge in [-0.05, 0) is 32.9 Å². The number of carbonyl (C=O) groups excluding carboxylic acids is 2. The number of nitrogens with zero attached hydrogens (tertiary/aromatic N) is 1. The van der Waals surface area contributed by atoms with E-state index in [1.807, 2.05) is 13.8 Å². The van der Waals surface area contributed by atoms with E-state index in [0.29, 0.717) is 21.8 Å². The minimum absolute atomic E-state index is 0.0324. The summed E-state index contributed by atoms with van der Waals surface area (Å²) in [6.07, 6.45) is 0. The van der Waals surface area contributed by atoms with E-state index in [9.17, 15) is 9.59 Å². The van der Waals surface area contributed by atoms with E-state index in [-0.39, 0.29) is 17.9 Å². The smallest absolute Gasteiger partial charge is 0.267 e. The molecule has 110 valence electrons. The van der Waals surface area contributed by atoms with Crippen molar-refractivity contribution in [3.63, 3.8) is 0 Å². The van der Waals surface area contributed by atoms with Crippen LogP contribution in [0.15, 0.2) is 29.8 Å². The number of amides is 2. The molecule has 1 aromatic carbocycles. The van der Waals surface area contributed by atoms with Gasteiger partial charge in [-0.1, -0.05) is 12.1 Å². The molecule has 0 fully saturated rings. The fourth-order valence-electron chi connectivity index (χ4n) is 1.83. The molecule has 0 atom stereocenters. The molecule has 0 bridgehead atoms. The lowest BCUT2D eigenvalue weighted by molar-refractivity contribution is 0.0944. The topological polar surface area (TPSA) is 71.1 Å². The Balaban J connectivity index is 2.23. The Morgan fingerprint density at radius 3 is 2.52 bits per heavy atom. The third-order valence-corrected chi connectivity index (χ3v) is 3.72. The fourth-order valence-corrected chi connectivity index (χ4v) is 2.53. The molecule has 0 saturated carbocycles. The zero-order chi connectivity index (χ0) is 15.4. The molecular formula is C15H17N3O2S. The molecule has 2 N–H and O–H groups in total. The van der Waals surface area contributed by atoms with Crippen molar-refractivity contribution in [1.29, 1.82) is 0 Å². The van der Waals surface area contributed by atoms with Crippen molar-refractivity contribution in [1.82, 2.24) is 10.3 Å². The van der Waals surface area contributed by atoms with Crippen molar-refractivity contribution < 1.29 is 9.59 Å². The zero-order valence-corrected chi connectivity index (χ0v) is 13.0. The monoisotopic (exact) mass is 303 g/mol. The molecule has 0 spiro atoms. The second kappa shape index (κ2) is 6.49. The first-order chi connectivity index (χ1) is 9.99. The Hall–Kier alpha value is -2.21. The SMILES string of the molecule is Cc1ncsc1C(=O)Nc1ccccc1C(=O)NC(C)C. The molecule has 0 radical (unpaired) electrons. The number of para-hydroxylation sites is 1. The summed E-state index contributed by atoms with van der Waals surface area (Å²) in [5, 5.41) is 5.60. The molecule has 0 aliphatic carbocycles. The van der Waals surface area contributed by atoms with Gasteiger partial charge in [0.05, 0.1) is 22.5 Å². The molecule has 6 heteroatoms. The maximum absolute atomic E-state index is 12.2. The number of benzene rings is 1. The summed E-state index contributed by atoms with van der Waals surface area (Å²) in [6.45, 7) is 5.56. The lowest BCUT2D eigenvalue weighted by Crippen LogP contribution is -2.31. The first kappa shape index (κ1) is 15.2. The second-order valence-corrected chi connectivity index (χ2v) is 5.75. The van der Waals surface area contributed by atoms with E-state index in [4.69, 9.17) is 0 Å². The van der Waals surface area contributed by atoms with Crippen LogP contribution in [-0.4, -0.2) is 22.8 Å². The molecule has 2 aromatic rings. The first-order valence-electron chi connectivity index (χ1n) is 6.60. The largest absolute Gasteiger partial charge is 0.350 e. The molecule has 2 amide bonds. The van der Waals surface area contributed by atoms with E-state index >= 15 is 0 Å². The molecule has 5 nitrogen and oxygen atoms in total. The minimum atomic E-state index is -0.250. The first-order valence-corrected chi connectivity index (χ1v) is 7.48. The summed E-state index contributed by atoms with van der Waals surface area (Å²) in [5.74, 6) is -0.457. The van der Waals surface area contributed by atoms with Gasteiger partial charge in [0.25, 0.3) is 11.8 Å². The van der Waals surface area contributed by atoms with Crippen LogP contribution in [0.25, 0.3) is 0 Å². The Bertz CT molecular complexity index is 664. The fraction of sp³-hybridized carbons (Fsp3) is 0.267. The predicted octanol–water partition coefficient (Wildman–Crippen LogP) is 2.84. The van der Waals surface area contributed by atoms with Crippen LogP contribution >= 0.6 is 11.3 Å². The van der Waals surface area contributed by atoms with Gasteiger partial charge >= 0.3 is 0 Å². The summed E-state index contributed by atoms with van der Waals surface area (Å²) < 4.78 is 0. The van der Waals surface area contributed by atoms with Crippen LogP contribution in [0.2, 0.25) is 0 Å². The van der Waals surface area contributed by atoms with Crippen LogP contribution in [-0.2, 0) is 0 Å². The Labute approximate surface area is 127 Å². The quantitative estimate of drug-likeness (QED) is 0.912. The van der Waals surface area contributed by atoms with Gasteiger partial charge in [0.15, 0.2) is 0 Å². The Morgan fingerprint density at radius 2 is 1.90 bits per heavy atom. The number of anilines is 1. The summed E-state index contributed by atoms with van der Waals surface area (Å²) in [6, 6.07) is 6.98. The third-order valence-electron chi connectivity index (χ3n) is 2.79. The highest BCUT2D eigenvalue weighted by Gasteiger charge is 2.16. The van der Waals surface area contributed by atoms with Gasteiger partial charge in [0.1, 0.15) is 4.88 Å². The van der Waals surface area contributed by atoms with Gasteiger partial charge < -0.3 is 10.6 Å². The minimum Gasteiger partial charge on any atom is -0.350 e. The standard InChI is InChI=1S/C15H17N3O2S/c1-9(2)17-14(19)11-6-4-5-7-12(11)18-15(20)13-10(3)16-8-21-13/h4-9H,1-3H3,(H,17,19)(H,18,20). The average molecular weight is 303 g/mol. The number of hydrogen-bond acceptors (Lipinski definition) is 4. The lowest BCUT2D eigenvalue weighted by atomic mass is 10.1. The van der Waals surface area contributed by atoms with Crippen molar-refractivity contribution in [3.8, 4) is 0 Å². The van der Waals surface area contributed by atoms with Crippen molar-refractivity contribution in [2.45, 2.75) is 26.8 Å². The maximum Gasteiger partial charge on any atom is 0.267 e. The van der Waals surface area contributed by atoms with Crippen LogP contribution < -0.4 is 10.6 Å². The van der Waals surface area contributed by atoms with E-state index < -0.39 is 0 Å². The third kappa shape index (κ3) is 3.66. The van der Waals surface area contributed by atoms with Crippen LogP contribution in [0, 0.1) is 6.92 Å². The number of rotatable bonds is 4. The molecule has 1 aromatic heterocycles. The average Bonchev–Trinajstić information content (AvgIpc) is 2.84. The lowest BCUT2D eigenvalue weighted by Gasteiger charge is -2.12. The molecule has 21 heavy (non-hydrogen) atoms. The zero-order valence-electron chi connectivity index (χ0n) is 12.1. The normalized spacial score (nSPS) is 10.5. The molecule has 0 aliphatic heterocycles. The van der Waals surface area contributed by atoms with Gasteiger partial charge in [-0.25, -0.2) is 4.98 Å². The molecule has 0 unspecified atom stereocenters. The van der Waals surface area contributed by atoms with Gasteiger partial charge in [0.2, 0.25) is 0 Å². The highest BCUT2D eigenvalue weighted by Crippen LogP contribution is 2.19. The van der Waals surface area contributed by atoms with Crippen molar-refractivity contribution >= 4 is 28.8 Å². The molecule has 0 saturated heterocycles. The van der Waals surface area contributed by atoms with Crippen molar-refractivity contribution in [2.75, 3.05) is 5.32 Å². The number of aryl methyl sites for hydroxylation is 1. The predicted molar refractivity (Wildman–Crippen MR) is 83.8 cm³/mol. The second-order valence-electron chi connectivity index (χ2n) is 4.89. The highest BCUT2D eigenvalue weighted by molar-refractivity contribution is 7.12. The van der Waals surface area contributed by atoms with E-state index in [1.165, 1.54) is 11.3 Å². The van der Waals surface area contributed by atoms with Gasteiger partial charge in [-0.3, -0.25) is 9.59 Å². The highest BCUT2D eigenvalue weighted by atomic mass is 32.1. The van der Waals surface area contributed by atoms with Crippen molar-refractivity contribution in [2.24, 2.45) is 0 Å². The Morgan fingerprint density at radius 1 is 1.19 bits per heavy atom.